The van der Waals surface area contributed by atoms with Crippen LogP contribution in [0.25, 0.3) is 0 Å². The van der Waals surface area contributed by atoms with Crippen LogP contribution >= 0.6 is 12.4 Å². The van der Waals surface area contributed by atoms with Gasteiger partial charge in [0.15, 0.2) is 5.82 Å². The number of aryl methyl sites for hydroxylation is 1. The lowest BCUT2D eigenvalue weighted by Gasteiger charge is -2.35. The molecule has 1 atom stereocenters. The summed E-state index contributed by atoms with van der Waals surface area (Å²) in [7, 11) is 0. The van der Waals surface area contributed by atoms with Crippen LogP contribution in [-0.4, -0.2) is 34.7 Å². The third-order valence-electron chi connectivity index (χ3n) is 5.18. The van der Waals surface area contributed by atoms with Gasteiger partial charge in [-0.3, -0.25) is 4.90 Å². The first kappa shape index (κ1) is 20.5. The van der Waals surface area contributed by atoms with Crippen molar-refractivity contribution < 1.29 is 4.52 Å². The van der Waals surface area contributed by atoms with Gasteiger partial charge in [-0.2, -0.15) is 4.98 Å². The van der Waals surface area contributed by atoms with Crippen molar-refractivity contribution in [1.82, 2.24) is 20.4 Å². The Morgan fingerprint density at radius 1 is 1.07 bits per heavy atom. The molecule has 3 aromatic rings. The van der Waals surface area contributed by atoms with E-state index in [0.717, 1.165) is 31.9 Å². The van der Waals surface area contributed by atoms with E-state index in [1.807, 2.05) is 18.2 Å². The highest BCUT2D eigenvalue weighted by Crippen LogP contribution is 2.24. The van der Waals surface area contributed by atoms with Crippen molar-refractivity contribution in [3.8, 4) is 0 Å². The van der Waals surface area contributed by atoms with E-state index in [0.29, 0.717) is 24.9 Å². The first-order valence-electron chi connectivity index (χ1n) is 9.71. The Bertz CT molecular complexity index is 850. The number of nitrogens with zero attached hydrogens (tertiary/aromatic N) is 3. The second-order valence-corrected chi connectivity index (χ2v) is 7.05. The van der Waals surface area contributed by atoms with Crippen LogP contribution in [0.4, 0.5) is 0 Å². The number of hydrogen-bond donors (Lipinski definition) is 1. The van der Waals surface area contributed by atoms with Gasteiger partial charge in [-0.25, -0.2) is 0 Å². The molecule has 1 saturated heterocycles. The molecule has 1 unspecified atom stereocenters. The molecule has 0 amide bonds. The highest BCUT2D eigenvalue weighted by atomic mass is 35.5. The van der Waals surface area contributed by atoms with Gasteiger partial charge >= 0.3 is 0 Å². The van der Waals surface area contributed by atoms with Crippen molar-refractivity contribution >= 4 is 12.4 Å². The van der Waals surface area contributed by atoms with Crippen LogP contribution in [0.1, 0.15) is 41.4 Å². The largest absolute Gasteiger partial charge is 0.339 e. The molecule has 28 heavy (non-hydrogen) atoms. The van der Waals surface area contributed by atoms with Crippen LogP contribution in [0.5, 0.6) is 0 Å². The zero-order chi connectivity index (χ0) is 18.5. The van der Waals surface area contributed by atoms with Gasteiger partial charge in [-0.1, -0.05) is 66.7 Å². The first-order valence-corrected chi connectivity index (χ1v) is 9.71. The molecule has 0 radical (unpaired) electrons. The number of nitrogens with one attached hydrogen (secondary N) is 1. The zero-order valence-electron chi connectivity index (χ0n) is 16.2. The second-order valence-electron chi connectivity index (χ2n) is 7.05. The maximum absolute atomic E-state index is 5.48. The summed E-state index contributed by atoms with van der Waals surface area (Å²) >= 11 is 0. The van der Waals surface area contributed by atoms with E-state index >= 15 is 0 Å². The number of aromatic nitrogens is 2. The molecule has 1 N–H and O–H groups in total. The summed E-state index contributed by atoms with van der Waals surface area (Å²) in [5.74, 6) is 1.44. The lowest BCUT2D eigenvalue weighted by atomic mass is 10.0. The molecular weight excluding hydrogens is 372 g/mol. The molecule has 0 spiro atoms. The van der Waals surface area contributed by atoms with Crippen molar-refractivity contribution in [2.24, 2.45) is 0 Å². The van der Waals surface area contributed by atoms with Crippen molar-refractivity contribution in [2.45, 2.75) is 32.4 Å². The van der Waals surface area contributed by atoms with Crippen molar-refractivity contribution in [3.63, 3.8) is 0 Å². The molecule has 5 nitrogen and oxygen atoms in total. The second kappa shape index (κ2) is 9.82. The van der Waals surface area contributed by atoms with Crippen LogP contribution in [0.3, 0.4) is 0 Å². The molecule has 0 bridgehead atoms. The van der Waals surface area contributed by atoms with Gasteiger partial charge in [0.05, 0.1) is 13.0 Å². The molecule has 1 aromatic heterocycles. The number of rotatable bonds is 6. The third-order valence-corrected chi connectivity index (χ3v) is 5.18. The van der Waals surface area contributed by atoms with E-state index in [1.54, 1.807) is 0 Å². The van der Waals surface area contributed by atoms with E-state index in [9.17, 15) is 0 Å². The molecule has 6 heteroatoms. The Morgan fingerprint density at radius 2 is 1.86 bits per heavy atom. The Balaban J connectivity index is 0.00000225. The predicted octanol–water partition coefficient (Wildman–Crippen LogP) is 3.79. The summed E-state index contributed by atoms with van der Waals surface area (Å²) in [5, 5.41) is 7.72. The summed E-state index contributed by atoms with van der Waals surface area (Å²) in [6.07, 6.45) is 1.75. The quantitative estimate of drug-likeness (QED) is 0.684. The lowest BCUT2D eigenvalue weighted by Crippen LogP contribution is -2.45. The minimum Gasteiger partial charge on any atom is -0.339 e. The number of hydrogen-bond acceptors (Lipinski definition) is 5. The molecule has 0 aliphatic carbocycles. The molecule has 1 aliphatic heterocycles. The summed E-state index contributed by atoms with van der Waals surface area (Å²) in [4.78, 5) is 7.05. The molecule has 1 aliphatic rings. The molecular formula is C22H27ClN4O. The smallest absolute Gasteiger partial charge is 0.231 e. The first-order chi connectivity index (χ1) is 13.3. The van der Waals surface area contributed by atoms with E-state index in [4.69, 9.17) is 4.52 Å². The van der Waals surface area contributed by atoms with Crippen molar-refractivity contribution in [1.29, 1.82) is 0 Å². The summed E-state index contributed by atoms with van der Waals surface area (Å²) in [6, 6.07) is 19.5. The van der Waals surface area contributed by atoms with Crippen LogP contribution in [0, 0.1) is 0 Å². The third kappa shape index (κ3) is 4.98. The molecule has 1 fully saturated rings. The van der Waals surface area contributed by atoms with Crippen molar-refractivity contribution in [2.75, 3.05) is 19.6 Å². The van der Waals surface area contributed by atoms with Gasteiger partial charge in [-0.15, -0.1) is 12.4 Å². The maximum atomic E-state index is 5.48. The zero-order valence-corrected chi connectivity index (χ0v) is 17.0. The highest BCUT2D eigenvalue weighted by molar-refractivity contribution is 5.85. The fourth-order valence-corrected chi connectivity index (χ4v) is 3.62. The van der Waals surface area contributed by atoms with E-state index in [-0.39, 0.29) is 12.4 Å². The minimum absolute atomic E-state index is 0. The Kier molecular flexibility index (Phi) is 7.20. The fourth-order valence-electron chi connectivity index (χ4n) is 3.62. The monoisotopic (exact) mass is 398 g/mol. The number of halogens is 1. The van der Waals surface area contributed by atoms with E-state index in [1.165, 1.54) is 16.7 Å². The molecule has 148 valence electrons. The summed E-state index contributed by atoms with van der Waals surface area (Å²) in [5.41, 5.74) is 3.90. The van der Waals surface area contributed by atoms with Crippen LogP contribution in [-0.2, 0) is 19.4 Å². The minimum atomic E-state index is 0. The number of piperazine rings is 1. The average molecular weight is 399 g/mol. The molecule has 4 rings (SSSR count). The summed E-state index contributed by atoms with van der Waals surface area (Å²) < 4.78 is 5.48. The topological polar surface area (TPSA) is 54.2 Å². The van der Waals surface area contributed by atoms with E-state index in [2.05, 4.69) is 63.7 Å². The lowest BCUT2D eigenvalue weighted by molar-refractivity contribution is 0.148. The predicted molar refractivity (Wildman–Crippen MR) is 113 cm³/mol. The SMILES string of the molecule is CCc1ccc(C2CNCCN2Cc2noc(Cc3ccccc3)n2)cc1.Cl. The maximum Gasteiger partial charge on any atom is 0.231 e. The Morgan fingerprint density at radius 3 is 2.61 bits per heavy atom. The average Bonchev–Trinajstić information content (AvgIpc) is 3.16. The van der Waals surface area contributed by atoms with Crippen LogP contribution in [0.15, 0.2) is 59.1 Å². The van der Waals surface area contributed by atoms with Gasteiger partial charge < -0.3 is 9.84 Å². The van der Waals surface area contributed by atoms with Gasteiger partial charge in [0.25, 0.3) is 0 Å². The summed E-state index contributed by atoms with van der Waals surface area (Å²) in [6.45, 7) is 5.80. The molecule has 2 aromatic carbocycles. The highest BCUT2D eigenvalue weighted by Gasteiger charge is 2.25. The standard InChI is InChI=1S/C22H26N4O.ClH/c1-2-17-8-10-19(11-9-17)20-15-23-12-13-26(20)16-21-24-22(27-25-21)14-18-6-4-3-5-7-18;/h3-11,20,23H,2,12-16H2,1H3;1H. The van der Waals surface area contributed by atoms with Crippen LogP contribution < -0.4 is 5.32 Å². The fraction of sp³-hybridized carbons (Fsp3) is 0.364. The van der Waals surface area contributed by atoms with Crippen molar-refractivity contribution in [3.05, 3.63) is 83.0 Å². The Labute approximate surface area is 172 Å². The van der Waals surface area contributed by atoms with Gasteiger partial charge in [0.2, 0.25) is 5.89 Å². The number of benzene rings is 2. The van der Waals surface area contributed by atoms with Gasteiger partial charge in [0.1, 0.15) is 0 Å². The van der Waals surface area contributed by atoms with E-state index < -0.39 is 0 Å². The normalized spacial score (nSPS) is 17.2. The van der Waals surface area contributed by atoms with Gasteiger partial charge in [0, 0.05) is 25.7 Å². The Hall–Kier alpha value is -2.21. The van der Waals surface area contributed by atoms with Crippen LogP contribution in [0.2, 0.25) is 0 Å². The van der Waals surface area contributed by atoms with Gasteiger partial charge in [-0.05, 0) is 23.1 Å². The molecule has 2 heterocycles. The molecule has 0 saturated carbocycles.